The van der Waals surface area contributed by atoms with E-state index in [4.69, 9.17) is 0 Å². The van der Waals surface area contributed by atoms with Gasteiger partial charge in [0.15, 0.2) is 5.03 Å². The molecule has 2 aromatic carbocycles. The highest BCUT2D eigenvalue weighted by molar-refractivity contribution is 7.94. The Hall–Kier alpha value is -2.23. The van der Waals surface area contributed by atoms with E-state index >= 15 is 0 Å². The molecule has 1 heterocycles. The van der Waals surface area contributed by atoms with Crippen LogP contribution in [0.4, 0.5) is 5.00 Å². The van der Waals surface area contributed by atoms with Crippen molar-refractivity contribution in [3.05, 3.63) is 59.7 Å². The number of rotatable bonds is 5. The quantitative estimate of drug-likeness (QED) is 0.609. The Kier molecular flexibility index (Phi) is 5.35. The highest BCUT2D eigenvalue weighted by atomic mass is 32.2. The first-order valence-electron chi connectivity index (χ1n) is 8.35. The van der Waals surface area contributed by atoms with E-state index in [1.54, 1.807) is 43.3 Å². The third-order valence-electron chi connectivity index (χ3n) is 4.11. The van der Waals surface area contributed by atoms with Gasteiger partial charge in [0, 0.05) is 14.1 Å². The van der Waals surface area contributed by atoms with E-state index in [9.17, 15) is 16.8 Å². The second-order valence-electron chi connectivity index (χ2n) is 6.62. The topological polar surface area (TPSA) is 84.4 Å². The Morgan fingerprint density at radius 2 is 1.18 bits per heavy atom. The molecule has 0 atom stereocenters. The largest absolute Gasteiger partial charge is 0.367 e. The summed E-state index contributed by atoms with van der Waals surface area (Å²) >= 11 is 0.846. The molecule has 0 saturated carbocycles. The van der Waals surface area contributed by atoms with Crippen molar-refractivity contribution >= 4 is 36.0 Å². The minimum absolute atomic E-state index is 0.0748. The standard InChI is InChI=1S/C19H20N2O4S3/c1-13-5-9-15(10-6-13)27(22,23)17-18(21(3)4)26-19(20-17)28(24,25)16-11-7-14(2)8-12-16/h5-12H,1-4H3. The molecule has 0 unspecified atom stereocenters. The molecule has 0 bridgehead atoms. The second-order valence-corrected chi connectivity index (χ2v) is 11.6. The molecule has 0 saturated heterocycles. The van der Waals surface area contributed by atoms with Gasteiger partial charge in [0.05, 0.1) is 9.79 Å². The lowest BCUT2D eigenvalue weighted by Gasteiger charge is -2.11. The molecule has 9 heteroatoms. The van der Waals surface area contributed by atoms with E-state index in [0.717, 1.165) is 22.5 Å². The minimum atomic E-state index is -3.97. The third-order valence-corrected chi connectivity index (χ3v) is 9.30. The maximum Gasteiger partial charge on any atom is 0.233 e. The molecular formula is C19H20N2O4S3. The number of thiazole rings is 1. The van der Waals surface area contributed by atoms with Crippen LogP contribution in [0, 0.1) is 13.8 Å². The van der Waals surface area contributed by atoms with E-state index in [1.165, 1.54) is 24.3 Å². The summed E-state index contributed by atoms with van der Waals surface area (Å²) < 4.78 is 51.9. The van der Waals surface area contributed by atoms with Crippen LogP contribution in [-0.2, 0) is 19.7 Å². The monoisotopic (exact) mass is 436 g/mol. The van der Waals surface area contributed by atoms with Gasteiger partial charge in [0.2, 0.25) is 24.0 Å². The average molecular weight is 437 g/mol. The highest BCUT2D eigenvalue weighted by Gasteiger charge is 2.32. The molecule has 0 amide bonds. The first-order valence-corrected chi connectivity index (χ1v) is 12.1. The number of nitrogens with zero attached hydrogens (tertiary/aromatic N) is 2. The number of aromatic nitrogens is 1. The van der Waals surface area contributed by atoms with Crippen molar-refractivity contribution in [2.24, 2.45) is 0 Å². The summed E-state index contributed by atoms with van der Waals surface area (Å²) in [5, 5.41) is 0.0169. The van der Waals surface area contributed by atoms with Gasteiger partial charge in [-0.1, -0.05) is 46.7 Å². The van der Waals surface area contributed by atoms with Crippen molar-refractivity contribution in [2.75, 3.05) is 19.0 Å². The van der Waals surface area contributed by atoms with Crippen LogP contribution in [-0.4, -0.2) is 35.9 Å². The molecule has 0 aliphatic rings. The minimum Gasteiger partial charge on any atom is -0.367 e. The number of benzene rings is 2. The lowest BCUT2D eigenvalue weighted by Crippen LogP contribution is -2.12. The fourth-order valence-corrected chi connectivity index (χ4v) is 6.90. The van der Waals surface area contributed by atoms with Crippen molar-refractivity contribution in [1.29, 1.82) is 0 Å². The van der Waals surface area contributed by atoms with Crippen LogP contribution in [0.15, 0.2) is 67.7 Å². The van der Waals surface area contributed by atoms with Crippen LogP contribution in [0.2, 0.25) is 0 Å². The summed E-state index contributed by atoms with van der Waals surface area (Å²) in [6, 6.07) is 12.8. The Morgan fingerprint density at radius 1 is 0.750 bits per heavy atom. The molecule has 1 aromatic heterocycles. The molecule has 0 aliphatic heterocycles. The normalized spacial score (nSPS) is 12.1. The van der Waals surface area contributed by atoms with Crippen LogP contribution in [0.25, 0.3) is 0 Å². The molecule has 0 N–H and O–H groups in total. The molecule has 0 aliphatic carbocycles. The predicted molar refractivity (Wildman–Crippen MR) is 110 cm³/mol. The van der Waals surface area contributed by atoms with Gasteiger partial charge in [0.1, 0.15) is 5.00 Å². The maximum absolute atomic E-state index is 13.1. The highest BCUT2D eigenvalue weighted by Crippen LogP contribution is 2.38. The van der Waals surface area contributed by atoms with E-state index in [2.05, 4.69) is 4.98 Å². The SMILES string of the molecule is Cc1ccc(S(=O)(=O)c2nc(S(=O)(=O)c3ccc(C)cc3)c(N(C)C)s2)cc1. The summed E-state index contributed by atoms with van der Waals surface area (Å²) in [5.74, 6) is 0. The number of sulfone groups is 2. The van der Waals surface area contributed by atoms with Gasteiger partial charge in [-0.2, -0.15) is 0 Å². The molecule has 0 radical (unpaired) electrons. The first kappa shape index (κ1) is 20.5. The Labute approximate surface area is 169 Å². The van der Waals surface area contributed by atoms with E-state index < -0.39 is 19.7 Å². The molecule has 6 nitrogen and oxygen atoms in total. The number of anilines is 1. The first-order chi connectivity index (χ1) is 13.0. The van der Waals surface area contributed by atoms with Crippen LogP contribution >= 0.6 is 11.3 Å². The molecular weight excluding hydrogens is 416 g/mol. The maximum atomic E-state index is 13.1. The van der Waals surface area contributed by atoms with Crippen molar-refractivity contribution in [2.45, 2.75) is 33.0 Å². The van der Waals surface area contributed by atoms with Gasteiger partial charge in [-0.15, -0.1) is 0 Å². The van der Waals surface area contributed by atoms with E-state index in [0.29, 0.717) is 0 Å². The van der Waals surface area contributed by atoms with E-state index in [-0.39, 0.29) is 24.2 Å². The van der Waals surface area contributed by atoms with Gasteiger partial charge >= 0.3 is 0 Å². The van der Waals surface area contributed by atoms with E-state index in [1.807, 2.05) is 13.8 Å². The zero-order chi connectivity index (χ0) is 20.7. The second kappa shape index (κ2) is 7.31. The van der Waals surface area contributed by atoms with Crippen LogP contribution < -0.4 is 4.90 Å². The van der Waals surface area contributed by atoms with Crippen molar-refractivity contribution in [3.8, 4) is 0 Å². The van der Waals surface area contributed by atoms with Gasteiger partial charge in [0.25, 0.3) is 0 Å². The van der Waals surface area contributed by atoms with Gasteiger partial charge in [-0.25, -0.2) is 21.8 Å². The molecule has 148 valence electrons. The summed E-state index contributed by atoms with van der Waals surface area (Å²) in [4.78, 5) is 5.79. The lowest BCUT2D eigenvalue weighted by molar-refractivity contribution is 0.589. The third kappa shape index (κ3) is 3.69. The molecule has 3 aromatic rings. The fraction of sp³-hybridized carbons (Fsp3) is 0.211. The summed E-state index contributed by atoms with van der Waals surface area (Å²) in [6.45, 7) is 3.72. The zero-order valence-corrected chi connectivity index (χ0v) is 18.3. The van der Waals surface area contributed by atoms with Crippen molar-refractivity contribution in [1.82, 2.24) is 4.98 Å². The molecule has 28 heavy (non-hydrogen) atoms. The van der Waals surface area contributed by atoms with Crippen LogP contribution in [0.1, 0.15) is 11.1 Å². The number of aryl methyl sites for hydroxylation is 2. The number of hydrogen-bond acceptors (Lipinski definition) is 7. The Balaban J connectivity index is 2.18. The van der Waals surface area contributed by atoms with Crippen molar-refractivity contribution < 1.29 is 16.8 Å². The Bertz CT molecular complexity index is 1210. The lowest BCUT2D eigenvalue weighted by atomic mass is 10.2. The van der Waals surface area contributed by atoms with Crippen LogP contribution in [0.5, 0.6) is 0 Å². The fourth-order valence-electron chi connectivity index (χ4n) is 2.50. The summed E-state index contributed by atoms with van der Waals surface area (Å²) in [5.41, 5.74) is 1.85. The smallest absolute Gasteiger partial charge is 0.233 e. The summed E-state index contributed by atoms with van der Waals surface area (Å²) in [7, 11) is -4.58. The number of hydrogen-bond donors (Lipinski definition) is 0. The van der Waals surface area contributed by atoms with Gasteiger partial charge in [-0.05, 0) is 38.1 Å². The van der Waals surface area contributed by atoms with Gasteiger partial charge in [-0.3, -0.25) is 0 Å². The molecule has 3 rings (SSSR count). The molecule has 0 fully saturated rings. The molecule has 0 spiro atoms. The zero-order valence-electron chi connectivity index (χ0n) is 15.9. The van der Waals surface area contributed by atoms with Crippen LogP contribution in [0.3, 0.4) is 0 Å². The average Bonchev–Trinajstić information content (AvgIpc) is 3.10. The van der Waals surface area contributed by atoms with Gasteiger partial charge < -0.3 is 4.90 Å². The Morgan fingerprint density at radius 3 is 1.61 bits per heavy atom. The predicted octanol–water partition coefficient (Wildman–Crippen LogP) is 3.49. The van der Waals surface area contributed by atoms with Crippen molar-refractivity contribution in [3.63, 3.8) is 0 Å². The summed E-state index contributed by atoms with van der Waals surface area (Å²) in [6.07, 6.45) is 0.